The summed E-state index contributed by atoms with van der Waals surface area (Å²) in [5.41, 5.74) is 17.6. The molecule has 2 amide bonds. The van der Waals surface area contributed by atoms with Crippen LogP contribution in [0.3, 0.4) is 0 Å². The van der Waals surface area contributed by atoms with Crippen molar-refractivity contribution in [1.82, 2.24) is 16.0 Å². The Bertz CT molecular complexity index is 1630. The van der Waals surface area contributed by atoms with Crippen LogP contribution in [0.25, 0.3) is 0 Å². The largest absolute Gasteiger partial charge is 0.464 e. The predicted molar refractivity (Wildman–Crippen MR) is 219 cm³/mol. The normalized spacial score (nSPS) is 38.3. The van der Waals surface area contributed by atoms with Gasteiger partial charge < -0.3 is 112 Å². The van der Waals surface area contributed by atoms with E-state index in [9.17, 15) is 50.4 Å². The minimum absolute atomic E-state index is 0.205. The fourth-order valence-electron chi connectivity index (χ4n) is 7.48. The van der Waals surface area contributed by atoms with Crippen molar-refractivity contribution in [2.45, 2.75) is 150 Å². The lowest BCUT2D eigenvalue weighted by atomic mass is 9.94. The minimum atomic E-state index is -1.98. The Morgan fingerprint density at radius 3 is 2.00 bits per heavy atom. The average molecular weight is 919 g/mol. The molecule has 5 rings (SSSR count). The number of aliphatic hydroxyl groups is 8. The molecule has 0 aromatic heterocycles. The van der Waals surface area contributed by atoms with E-state index in [4.69, 9.17) is 55.1 Å². The molecule has 1 aromatic rings. The van der Waals surface area contributed by atoms with Crippen LogP contribution >= 0.6 is 0 Å². The van der Waals surface area contributed by atoms with Gasteiger partial charge in [0.2, 0.25) is 18.5 Å². The zero-order valence-electron chi connectivity index (χ0n) is 35.7. The molecule has 1 aromatic carbocycles. The molecule has 0 spiro atoms. The minimum Gasteiger partial charge on any atom is -0.464 e. The highest BCUT2D eigenvalue weighted by molar-refractivity contribution is 5.94. The van der Waals surface area contributed by atoms with Crippen LogP contribution in [0.1, 0.15) is 43.5 Å². The van der Waals surface area contributed by atoms with E-state index < -0.39 is 136 Å². The highest BCUT2D eigenvalue weighted by Gasteiger charge is 2.55. The van der Waals surface area contributed by atoms with E-state index in [1.165, 1.54) is 38.1 Å². The second-order valence-electron chi connectivity index (χ2n) is 16.2. The first-order chi connectivity index (χ1) is 30.5. The maximum Gasteiger partial charge on any atom is 0.251 e. The first kappa shape index (κ1) is 51.8. The molecule has 64 heavy (non-hydrogen) atoms. The van der Waals surface area contributed by atoms with Gasteiger partial charge in [0.15, 0.2) is 12.6 Å². The number of aliphatic hydroxyl groups excluding tert-OH is 8. The van der Waals surface area contributed by atoms with E-state index in [1.807, 2.05) is 0 Å². The lowest BCUT2D eigenvalue weighted by molar-refractivity contribution is -0.362. The number of unbranched alkanes of at least 4 members (excludes halogenated alkanes) is 1. The summed E-state index contributed by atoms with van der Waals surface area (Å²) >= 11 is 0. The van der Waals surface area contributed by atoms with Crippen LogP contribution in [-0.2, 0) is 38.0 Å². The fraction of sp³-hybridized carbons (Fsp3) is 0.750. The van der Waals surface area contributed by atoms with Crippen molar-refractivity contribution in [3.05, 3.63) is 42.2 Å². The van der Waals surface area contributed by atoms with Gasteiger partial charge in [-0.25, -0.2) is 0 Å². The van der Waals surface area contributed by atoms with Gasteiger partial charge >= 0.3 is 0 Å². The molecule has 0 radical (unpaired) electrons. The van der Waals surface area contributed by atoms with Crippen molar-refractivity contribution >= 4 is 11.8 Å². The number of amides is 2. The van der Waals surface area contributed by atoms with Crippen molar-refractivity contribution < 1.29 is 88.3 Å². The summed E-state index contributed by atoms with van der Waals surface area (Å²) in [5.74, 6) is -1.15. The SMILES string of the molecule is C=C1OC(OC2C(CO)OC(Oc3ccc(C(=O)NCCCNCCCCN)cc3)C2O)C(O)C(OC2OC(CO)C(OC3OC(C)C(N)C(O)C3NC(=O)C(C)N)C(O)C2O)C1O. The second kappa shape index (κ2) is 24.0. The molecule has 0 bridgehead atoms. The third kappa shape index (κ3) is 12.6. The summed E-state index contributed by atoms with van der Waals surface area (Å²) < 4.78 is 46.2. The first-order valence-electron chi connectivity index (χ1n) is 21.4. The van der Waals surface area contributed by atoms with Crippen molar-refractivity contribution in [3.63, 3.8) is 0 Å². The Kier molecular flexibility index (Phi) is 19.4. The summed E-state index contributed by atoms with van der Waals surface area (Å²) in [6.45, 7) is 7.77. The van der Waals surface area contributed by atoms with E-state index in [0.29, 0.717) is 18.7 Å². The van der Waals surface area contributed by atoms with Crippen LogP contribution in [0.2, 0.25) is 0 Å². The van der Waals surface area contributed by atoms with Gasteiger partial charge in [0.05, 0.1) is 37.5 Å². The molecule has 0 saturated carbocycles. The summed E-state index contributed by atoms with van der Waals surface area (Å²) in [6.07, 6.45) is -22.7. The lowest BCUT2D eigenvalue weighted by Gasteiger charge is -2.48. The van der Waals surface area contributed by atoms with Gasteiger partial charge in [0, 0.05) is 12.1 Å². The molecule has 4 fully saturated rings. The quantitative estimate of drug-likeness (QED) is 0.0511. The molecule has 364 valence electrons. The first-order valence-corrected chi connectivity index (χ1v) is 21.4. The Morgan fingerprint density at radius 2 is 1.36 bits per heavy atom. The van der Waals surface area contributed by atoms with Gasteiger partial charge in [-0.15, -0.1) is 0 Å². The van der Waals surface area contributed by atoms with Gasteiger partial charge in [0.25, 0.3) is 5.91 Å². The number of benzene rings is 1. The summed E-state index contributed by atoms with van der Waals surface area (Å²) in [7, 11) is 0. The monoisotopic (exact) mass is 918 g/mol. The second-order valence-corrected chi connectivity index (χ2v) is 16.2. The van der Waals surface area contributed by atoms with Gasteiger partial charge in [0.1, 0.15) is 78.6 Å². The number of nitrogens with one attached hydrogen (secondary N) is 3. The summed E-state index contributed by atoms with van der Waals surface area (Å²) in [6, 6.07) is 2.76. The van der Waals surface area contributed by atoms with Crippen LogP contribution in [0.5, 0.6) is 5.75 Å². The zero-order valence-corrected chi connectivity index (χ0v) is 35.7. The predicted octanol–water partition coefficient (Wildman–Crippen LogP) is -5.96. The number of rotatable bonds is 21. The number of nitrogens with two attached hydrogens (primary N) is 3. The molecule has 4 aliphatic heterocycles. The van der Waals surface area contributed by atoms with Gasteiger partial charge in [-0.05, 0) is 77.0 Å². The third-order valence-electron chi connectivity index (χ3n) is 11.4. The average Bonchev–Trinajstić information content (AvgIpc) is 3.57. The number of hydrogen-bond donors (Lipinski definition) is 14. The number of carbonyl (C=O) groups excluding carboxylic acids is 2. The zero-order chi connectivity index (χ0) is 46.8. The van der Waals surface area contributed by atoms with E-state index in [2.05, 4.69) is 22.5 Å². The molecule has 17 N–H and O–H groups in total. The Morgan fingerprint density at radius 1 is 0.766 bits per heavy atom. The fourth-order valence-corrected chi connectivity index (χ4v) is 7.48. The van der Waals surface area contributed by atoms with E-state index >= 15 is 0 Å². The van der Waals surface area contributed by atoms with Crippen molar-refractivity contribution in [1.29, 1.82) is 0 Å². The number of ether oxygens (including phenoxy) is 8. The number of carbonyl (C=O) groups is 2. The molecular formula is C40H66N6O18. The van der Waals surface area contributed by atoms with Crippen LogP contribution < -0.4 is 37.9 Å². The molecule has 0 aliphatic carbocycles. The highest BCUT2D eigenvalue weighted by Crippen LogP contribution is 2.35. The van der Waals surface area contributed by atoms with Crippen molar-refractivity contribution in [3.8, 4) is 5.75 Å². The van der Waals surface area contributed by atoms with Crippen LogP contribution in [0, 0.1) is 0 Å². The smallest absolute Gasteiger partial charge is 0.251 e. The van der Waals surface area contributed by atoms with Crippen molar-refractivity contribution in [2.24, 2.45) is 17.2 Å². The molecule has 19 atom stereocenters. The van der Waals surface area contributed by atoms with E-state index in [0.717, 1.165) is 32.4 Å². The molecule has 19 unspecified atom stereocenters. The maximum absolute atomic E-state index is 12.6. The molecule has 24 heteroatoms. The Labute approximate surface area is 369 Å². The third-order valence-corrected chi connectivity index (χ3v) is 11.4. The molecule has 4 heterocycles. The standard InChI is InChI=1S/C40H66N6O18/c1-17(42)35(55)46-25-27(50)24(43)18(2)57-37(25)62-32-22(15-47)60-38(29(52)28(32)51)64-34-26(49)19(3)58-39(31(34)54)63-33-23(16-48)61-40(30(33)53)59-21-9-7-20(8-10-21)36(56)45-14-6-13-44-12-5-4-11-41/h7-10,17-18,22-34,37-40,44,47-54H,3-6,11-16,41-43H2,1-2H3,(H,45,56)(H,46,55). The number of hydrogen-bond acceptors (Lipinski definition) is 22. The van der Waals surface area contributed by atoms with E-state index in [1.54, 1.807) is 0 Å². The molecular weight excluding hydrogens is 852 g/mol. The van der Waals surface area contributed by atoms with Crippen molar-refractivity contribution in [2.75, 3.05) is 39.4 Å². The van der Waals surface area contributed by atoms with Gasteiger partial charge in [-0.1, -0.05) is 6.58 Å². The highest BCUT2D eigenvalue weighted by atomic mass is 16.8. The van der Waals surface area contributed by atoms with Crippen LogP contribution in [0.4, 0.5) is 0 Å². The van der Waals surface area contributed by atoms with Gasteiger partial charge in [-0.3, -0.25) is 9.59 Å². The molecule has 24 nitrogen and oxygen atoms in total. The summed E-state index contributed by atoms with van der Waals surface area (Å²) in [4.78, 5) is 25.1. The molecule has 4 saturated heterocycles. The maximum atomic E-state index is 12.6. The Balaban J connectivity index is 1.18. The van der Waals surface area contributed by atoms with Crippen LogP contribution in [0.15, 0.2) is 36.6 Å². The lowest BCUT2D eigenvalue weighted by Crippen LogP contribution is -2.69. The van der Waals surface area contributed by atoms with Crippen LogP contribution in [-0.4, -0.2) is 209 Å². The summed E-state index contributed by atoms with van der Waals surface area (Å²) in [5, 5.41) is 96.0. The molecule has 4 aliphatic rings. The Hall–Kier alpha value is -3.22. The topological polar surface area (TPSA) is 384 Å². The van der Waals surface area contributed by atoms with Gasteiger partial charge in [-0.2, -0.15) is 0 Å². The van der Waals surface area contributed by atoms with E-state index in [-0.39, 0.29) is 17.4 Å².